The molecule has 0 spiro atoms. The van der Waals surface area contributed by atoms with Gasteiger partial charge in [-0.05, 0) is 60.7 Å². The number of carbonyl (C=O) groups is 2. The summed E-state index contributed by atoms with van der Waals surface area (Å²) in [4.78, 5) is 28.1. The van der Waals surface area contributed by atoms with Gasteiger partial charge in [0.15, 0.2) is 0 Å². The van der Waals surface area contributed by atoms with Gasteiger partial charge >= 0.3 is 11.9 Å². The molecule has 3 aromatic rings. The lowest BCUT2D eigenvalue weighted by molar-refractivity contribution is -0.134. The van der Waals surface area contributed by atoms with E-state index in [2.05, 4.69) is 24.3 Å². The third kappa shape index (κ3) is 8.89. The number of methoxy groups -OCH3 is 2. The lowest BCUT2D eigenvalue weighted by Gasteiger charge is -2.11. The predicted molar refractivity (Wildman–Crippen MR) is 143 cm³/mol. The molecular formula is C29H31NO5S. The molecule has 0 fully saturated rings. The van der Waals surface area contributed by atoms with Crippen LogP contribution >= 0.6 is 11.8 Å². The molecular weight excluding hydrogens is 474 g/mol. The van der Waals surface area contributed by atoms with Gasteiger partial charge in [0, 0.05) is 17.6 Å². The molecule has 0 aliphatic heterocycles. The number of aromatic nitrogens is 1. The van der Waals surface area contributed by atoms with Crippen LogP contribution in [0, 0.1) is 0 Å². The molecule has 0 aliphatic carbocycles. The third-order valence-corrected chi connectivity index (χ3v) is 6.39. The van der Waals surface area contributed by atoms with E-state index in [-0.39, 0.29) is 5.97 Å². The van der Waals surface area contributed by atoms with E-state index in [4.69, 9.17) is 19.2 Å². The fourth-order valence-electron chi connectivity index (χ4n) is 3.48. The first-order valence-corrected chi connectivity index (χ1v) is 12.9. The van der Waals surface area contributed by atoms with Gasteiger partial charge < -0.3 is 14.2 Å². The van der Waals surface area contributed by atoms with Gasteiger partial charge in [-0.15, -0.1) is 0 Å². The summed E-state index contributed by atoms with van der Waals surface area (Å²) >= 11 is 1.68. The fourth-order valence-corrected chi connectivity index (χ4v) is 4.37. The normalized spacial score (nSPS) is 10.8. The van der Waals surface area contributed by atoms with Gasteiger partial charge in [0.25, 0.3) is 0 Å². The molecule has 2 aromatic carbocycles. The van der Waals surface area contributed by atoms with Crippen LogP contribution in [0.3, 0.4) is 0 Å². The number of hydrogen-bond donors (Lipinski definition) is 0. The second kappa shape index (κ2) is 14.7. The zero-order valence-corrected chi connectivity index (χ0v) is 21.5. The number of ether oxygens (including phenoxy) is 3. The maximum absolute atomic E-state index is 11.7. The number of thioether (sulfide) groups is 1. The minimum atomic E-state index is -0.448. The van der Waals surface area contributed by atoms with Gasteiger partial charge in [0.05, 0.1) is 32.1 Å². The van der Waals surface area contributed by atoms with Gasteiger partial charge in [-0.3, -0.25) is 0 Å². The Labute approximate surface area is 216 Å². The van der Waals surface area contributed by atoms with Gasteiger partial charge in [0.1, 0.15) is 11.4 Å². The molecule has 0 aliphatic rings. The van der Waals surface area contributed by atoms with Crippen LogP contribution in [0.25, 0.3) is 6.08 Å². The molecule has 1 aromatic heterocycles. The molecule has 0 saturated carbocycles. The largest absolute Gasteiger partial charge is 0.491 e. The van der Waals surface area contributed by atoms with Crippen LogP contribution in [-0.2, 0) is 32.2 Å². The van der Waals surface area contributed by atoms with Gasteiger partial charge in [-0.1, -0.05) is 42.5 Å². The van der Waals surface area contributed by atoms with Crippen molar-refractivity contribution >= 4 is 29.8 Å². The molecule has 0 bridgehead atoms. The zero-order chi connectivity index (χ0) is 25.6. The summed E-state index contributed by atoms with van der Waals surface area (Å²) in [6.45, 7) is 0.568. The van der Waals surface area contributed by atoms with E-state index in [0.29, 0.717) is 29.4 Å². The van der Waals surface area contributed by atoms with Crippen molar-refractivity contribution in [3.63, 3.8) is 0 Å². The van der Waals surface area contributed by atoms with Crippen molar-refractivity contribution in [3.05, 3.63) is 101 Å². The quantitative estimate of drug-likeness (QED) is 0.163. The molecule has 7 heteroatoms. The van der Waals surface area contributed by atoms with Crippen molar-refractivity contribution in [3.8, 4) is 5.75 Å². The molecule has 36 heavy (non-hydrogen) atoms. The smallest absolute Gasteiger partial charge is 0.337 e. The number of unbranched alkanes of at least 4 members (excludes halogenated alkanes) is 1. The van der Waals surface area contributed by atoms with E-state index in [9.17, 15) is 9.59 Å². The Hall–Kier alpha value is -3.58. The third-order valence-electron chi connectivity index (χ3n) is 5.35. The average Bonchev–Trinajstić information content (AvgIpc) is 2.92. The highest BCUT2D eigenvalue weighted by molar-refractivity contribution is 7.97. The summed E-state index contributed by atoms with van der Waals surface area (Å²) < 4.78 is 15.5. The summed E-state index contributed by atoms with van der Waals surface area (Å²) in [7, 11) is 2.71. The highest BCUT2D eigenvalue weighted by Gasteiger charge is 2.08. The van der Waals surface area contributed by atoms with E-state index >= 15 is 0 Å². The van der Waals surface area contributed by atoms with Crippen molar-refractivity contribution in [1.82, 2.24) is 4.98 Å². The number of esters is 2. The first-order valence-electron chi connectivity index (χ1n) is 11.8. The minimum absolute atomic E-state index is 0.346. The standard InChI is InChI=1S/C29H31NO5S/c1-33-28(31)17-15-26-27(35-18-7-6-11-22-9-4-3-5-10-22)16-14-25(30-26)21-36-20-23-12-8-13-24(19-23)29(32)34-2/h3-5,8-10,12-17,19H,6-7,11,18,20-21H2,1-2H3/b17-15+. The van der Waals surface area contributed by atoms with Crippen molar-refractivity contribution < 1.29 is 23.8 Å². The molecule has 0 saturated heterocycles. The Balaban J connectivity index is 1.57. The van der Waals surface area contributed by atoms with Crippen molar-refractivity contribution in [2.24, 2.45) is 0 Å². The SMILES string of the molecule is COC(=O)/C=C/c1nc(CSCc2cccc(C(=O)OC)c2)ccc1OCCCCc1ccccc1. The van der Waals surface area contributed by atoms with Gasteiger partial charge in [-0.2, -0.15) is 11.8 Å². The summed E-state index contributed by atoms with van der Waals surface area (Å²) in [5, 5.41) is 0. The van der Waals surface area contributed by atoms with E-state index in [0.717, 1.165) is 36.3 Å². The molecule has 0 radical (unpaired) electrons. The summed E-state index contributed by atoms with van der Waals surface area (Å²) in [6, 6.07) is 21.6. The Bertz CT molecular complexity index is 1160. The summed E-state index contributed by atoms with van der Waals surface area (Å²) in [5.74, 6) is 1.23. The number of carbonyl (C=O) groups excluding carboxylic acids is 2. The Morgan fingerprint density at radius 2 is 1.69 bits per heavy atom. The van der Waals surface area contributed by atoms with Gasteiger partial charge in [0.2, 0.25) is 0 Å². The number of aryl methyl sites for hydroxylation is 1. The summed E-state index contributed by atoms with van der Waals surface area (Å²) in [5.41, 5.74) is 4.34. The molecule has 0 amide bonds. The maximum atomic E-state index is 11.7. The molecule has 3 rings (SSSR count). The monoisotopic (exact) mass is 505 g/mol. The van der Waals surface area contributed by atoms with Crippen LogP contribution in [-0.4, -0.2) is 37.7 Å². The minimum Gasteiger partial charge on any atom is -0.491 e. The number of benzene rings is 2. The lowest BCUT2D eigenvalue weighted by Crippen LogP contribution is -2.03. The van der Waals surface area contributed by atoms with E-state index in [1.165, 1.54) is 25.9 Å². The van der Waals surface area contributed by atoms with E-state index in [1.807, 2.05) is 36.4 Å². The predicted octanol–water partition coefficient (Wildman–Crippen LogP) is 5.89. The van der Waals surface area contributed by atoms with Crippen molar-refractivity contribution in [2.45, 2.75) is 30.8 Å². The number of hydrogen-bond acceptors (Lipinski definition) is 7. The topological polar surface area (TPSA) is 74.7 Å². The second-order valence-electron chi connectivity index (χ2n) is 8.02. The highest BCUT2D eigenvalue weighted by Crippen LogP contribution is 2.23. The highest BCUT2D eigenvalue weighted by atomic mass is 32.2. The number of rotatable bonds is 13. The second-order valence-corrected chi connectivity index (χ2v) is 9.00. The van der Waals surface area contributed by atoms with Crippen molar-refractivity contribution in [2.75, 3.05) is 20.8 Å². The average molecular weight is 506 g/mol. The fraction of sp³-hybridized carbons (Fsp3) is 0.276. The Morgan fingerprint density at radius 3 is 2.47 bits per heavy atom. The van der Waals surface area contributed by atoms with Crippen LogP contribution in [0.1, 0.15) is 45.7 Å². The van der Waals surface area contributed by atoms with E-state index in [1.54, 1.807) is 23.9 Å². The molecule has 0 N–H and O–H groups in total. The number of pyridine rings is 1. The van der Waals surface area contributed by atoms with Crippen molar-refractivity contribution in [1.29, 1.82) is 0 Å². The lowest BCUT2D eigenvalue weighted by atomic mass is 10.1. The van der Waals surface area contributed by atoms with Crippen LogP contribution in [0.15, 0.2) is 72.8 Å². The van der Waals surface area contributed by atoms with Crippen LogP contribution < -0.4 is 4.74 Å². The summed E-state index contributed by atoms with van der Waals surface area (Å²) in [6.07, 6.45) is 5.92. The molecule has 0 atom stereocenters. The molecule has 1 heterocycles. The first kappa shape index (κ1) is 27.0. The Morgan fingerprint density at radius 1 is 0.889 bits per heavy atom. The zero-order valence-electron chi connectivity index (χ0n) is 20.6. The first-order chi connectivity index (χ1) is 17.6. The van der Waals surface area contributed by atoms with Crippen LogP contribution in [0.2, 0.25) is 0 Å². The van der Waals surface area contributed by atoms with Gasteiger partial charge in [-0.25, -0.2) is 14.6 Å². The van der Waals surface area contributed by atoms with E-state index < -0.39 is 5.97 Å². The van der Waals surface area contributed by atoms with Crippen LogP contribution in [0.5, 0.6) is 5.75 Å². The Kier molecular flexibility index (Phi) is 11.1. The maximum Gasteiger partial charge on any atom is 0.337 e. The van der Waals surface area contributed by atoms with Crippen LogP contribution in [0.4, 0.5) is 0 Å². The molecule has 0 unspecified atom stereocenters. The molecule has 6 nitrogen and oxygen atoms in total. The number of nitrogens with zero attached hydrogens (tertiary/aromatic N) is 1. The molecule has 188 valence electrons.